The Labute approximate surface area is 136 Å². The summed E-state index contributed by atoms with van der Waals surface area (Å²) in [6, 6.07) is 22.3. The van der Waals surface area contributed by atoms with Crippen LogP contribution in [0.1, 0.15) is 6.92 Å². The molecule has 0 bridgehead atoms. The van der Waals surface area contributed by atoms with Crippen molar-refractivity contribution in [3.05, 3.63) is 66.7 Å². The third-order valence-electron chi connectivity index (χ3n) is 3.68. The Bertz CT molecular complexity index is 802. The second-order valence-electron chi connectivity index (χ2n) is 5.55. The normalized spacial score (nSPS) is 11.5. The highest BCUT2D eigenvalue weighted by molar-refractivity contribution is 5.82. The second kappa shape index (κ2) is 6.48. The molecule has 0 N–H and O–H groups in total. The maximum atomic E-state index is 4.75. The zero-order valence-corrected chi connectivity index (χ0v) is 13.6. The van der Waals surface area contributed by atoms with Crippen LogP contribution in [0.2, 0.25) is 0 Å². The van der Waals surface area contributed by atoms with Gasteiger partial charge in [0.1, 0.15) is 5.84 Å². The fourth-order valence-electron chi connectivity index (χ4n) is 2.23. The minimum Gasteiger partial charge on any atom is -0.366 e. The van der Waals surface area contributed by atoms with Crippen LogP contribution in [-0.2, 0) is 0 Å². The molecule has 1 aromatic heterocycles. The van der Waals surface area contributed by atoms with E-state index in [2.05, 4.69) is 12.1 Å². The monoisotopic (exact) mass is 304 g/mol. The molecule has 0 saturated heterocycles. The van der Waals surface area contributed by atoms with Gasteiger partial charge in [0.05, 0.1) is 11.4 Å². The standard InChI is InChI=1S/C19H20N4/c1-15(22(2)3)20-19-14-18(16-10-6-4-7-11-16)21-23(19)17-12-8-5-9-13-17/h4-14H,1-3H3. The summed E-state index contributed by atoms with van der Waals surface area (Å²) in [6.07, 6.45) is 0. The van der Waals surface area contributed by atoms with Gasteiger partial charge >= 0.3 is 0 Å². The molecule has 23 heavy (non-hydrogen) atoms. The molecule has 3 rings (SSSR count). The minimum absolute atomic E-state index is 0.821. The Balaban J connectivity index is 2.13. The Kier molecular flexibility index (Phi) is 4.24. The summed E-state index contributed by atoms with van der Waals surface area (Å²) in [5, 5.41) is 4.75. The van der Waals surface area contributed by atoms with Crippen molar-refractivity contribution in [1.29, 1.82) is 0 Å². The van der Waals surface area contributed by atoms with Crippen LogP contribution in [0.3, 0.4) is 0 Å². The quantitative estimate of drug-likeness (QED) is 0.538. The molecule has 0 saturated carbocycles. The zero-order valence-electron chi connectivity index (χ0n) is 13.6. The van der Waals surface area contributed by atoms with Crippen molar-refractivity contribution in [2.45, 2.75) is 6.92 Å². The third kappa shape index (κ3) is 3.31. The van der Waals surface area contributed by atoms with Crippen LogP contribution in [0.5, 0.6) is 0 Å². The van der Waals surface area contributed by atoms with Gasteiger partial charge in [-0.05, 0) is 19.1 Å². The molecule has 0 radical (unpaired) electrons. The Morgan fingerprint density at radius 3 is 2.17 bits per heavy atom. The lowest BCUT2D eigenvalue weighted by Crippen LogP contribution is -2.18. The summed E-state index contributed by atoms with van der Waals surface area (Å²) in [7, 11) is 3.97. The summed E-state index contributed by atoms with van der Waals surface area (Å²) in [5.74, 6) is 1.75. The first-order chi connectivity index (χ1) is 11.1. The molecule has 116 valence electrons. The maximum absolute atomic E-state index is 4.75. The molecule has 2 aromatic carbocycles. The van der Waals surface area contributed by atoms with Crippen LogP contribution in [-0.4, -0.2) is 34.6 Å². The van der Waals surface area contributed by atoms with Gasteiger partial charge in [-0.3, -0.25) is 0 Å². The van der Waals surface area contributed by atoms with Crippen LogP contribution >= 0.6 is 0 Å². The molecular weight excluding hydrogens is 284 g/mol. The first-order valence-corrected chi connectivity index (χ1v) is 7.58. The average Bonchev–Trinajstić information content (AvgIpc) is 3.00. The first-order valence-electron chi connectivity index (χ1n) is 7.58. The largest absolute Gasteiger partial charge is 0.366 e. The van der Waals surface area contributed by atoms with E-state index in [0.29, 0.717) is 0 Å². The van der Waals surface area contributed by atoms with E-state index in [0.717, 1.165) is 28.6 Å². The molecule has 0 aliphatic heterocycles. The average molecular weight is 304 g/mol. The summed E-state index contributed by atoms with van der Waals surface area (Å²) < 4.78 is 1.88. The highest BCUT2D eigenvalue weighted by Gasteiger charge is 2.11. The van der Waals surface area contributed by atoms with Crippen molar-refractivity contribution >= 4 is 11.7 Å². The number of nitrogens with zero attached hydrogens (tertiary/aromatic N) is 4. The molecular formula is C19H20N4. The van der Waals surface area contributed by atoms with Gasteiger partial charge in [0.15, 0.2) is 5.82 Å². The lowest BCUT2D eigenvalue weighted by atomic mass is 10.2. The van der Waals surface area contributed by atoms with Crippen LogP contribution in [0.25, 0.3) is 16.9 Å². The van der Waals surface area contributed by atoms with Crippen LogP contribution in [0.15, 0.2) is 71.7 Å². The fraction of sp³-hybridized carbons (Fsp3) is 0.158. The Morgan fingerprint density at radius 2 is 1.57 bits per heavy atom. The molecule has 0 fully saturated rings. The second-order valence-corrected chi connectivity index (χ2v) is 5.55. The highest BCUT2D eigenvalue weighted by Crippen LogP contribution is 2.26. The Morgan fingerprint density at radius 1 is 0.957 bits per heavy atom. The van der Waals surface area contributed by atoms with Gasteiger partial charge in [-0.1, -0.05) is 48.5 Å². The van der Waals surface area contributed by atoms with Crippen molar-refractivity contribution in [2.24, 2.45) is 4.99 Å². The smallest absolute Gasteiger partial charge is 0.158 e. The van der Waals surface area contributed by atoms with Crippen molar-refractivity contribution < 1.29 is 0 Å². The molecule has 0 aliphatic carbocycles. The van der Waals surface area contributed by atoms with E-state index in [1.165, 1.54) is 0 Å². The SMILES string of the molecule is CC(=Nc1cc(-c2ccccc2)nn1-c1ccccc1)N(C)C. The summed E-state index contributed by atoms with van der Waals surface area (Å²) in [4.78, 5) is 6.71. The predicted octanol–water partition coefficient (Wildman–Crippen LogP) is 4.15. The number of rotatable bonds is 3. The molecule has 0 unspecified atom stereocenters. The van der Waals surface area contributed by atoms with Crippen molar-refractivity contribution in [1.82, 2.24) is 14.7 Å². The number of para-hydroxylation sites is 1. The van der Waals surface area contributed by atoms with Gasteiger partial charge < -0.3 is 4.90 Å². The van der Waals surface area contributed by atoms with E-state index in [1.807, 2.05) is 85.2 Å². The van der Waals surface area contributed by atoms with Gasteiger partial charge in [-0.15, -0.1) is 0 Å². The molecule has 3 aromatic rings. The number of hydrogen-bond acceptors (Lipinski definition) is 2. The molecule has 1 heterocycles. The molecule has 4 nitrogen and oxygen atoms in total. The van der Waals surface area contributed by atoms with Gasteiger partial charge in [-0.2, -0.15) is 5.10 Å². The van der Waals surface area contributed by atoms with E-state index in [4.69, 9.17) is 10.1 Å². The summed E-state index contributed by atoms with van der Waals surface area (Å²) >= 11 is 0. The molecule has 0 aliphatic rings. The highest BCUT2D eigenvalue weighted by atomic mass is 15.3. The first kappa shape index (κ1) is 15.0. The summed E-state index contributed by atoms with van der Waals surface area (Å²) in [5.41, 5.74) is 3.00. The minimum atomic E-state index is 0.821. The predicted molar refractivity (Wildman–Crippen MR) is 95.5 cm³/mol. The Hall–Kier alpha value is -2.88. The van der Waals surface area contributed by atoms with E-state index in [-0.39, 0.29) is 0 Å². The van der Waals surface area contributed by atoms with Crippen LogP contribution < -0.4 is 0 Å². The lowest BCUT2D eigenvalue weighted by molar-refractivity contribution is 0.618. The zero-order chi connectivity index (χ0) is 16.2. The topological polar surface area (TPSA) is 33.4 Å². The maximum Gasteiger partial charge on any atom is 0.158 e. The van der Waals surface area contributed by atoms with Gasteiger partial charge in [0, 0.05) is 25.7 Å². The van der Waals surface area contributed by atoms with Gasteiger partial charge in [0.25, 0.3) is 0 Å². The number of benzene rings is 2. The van der Waals surface area contributed by atoms with Gasteiger partial charge in [0.2, 0.25) is 0 Å². The van der Waals surface area contributed by atoms with E-state index in [1.54, 1.807) is 0 Å². The third-order valence-corrected chi connectivity index (χ3v) is 3.68. The van der Waals surface area contributed by atoms with Crippen LogP contribution in [0.4, 0.5) is 5.82 Å². The van der Waals surface area contributed by atoms with Gasteiger partial charge in [-0.25, -0.2) is 9.67 Å². The molecule has 4 heteroatoms. The van der Waals surface area contributed by atoms with Crippen molar-refractivity contribution in [3.63, 3.8) is 0 Å². The number of aliphatic imine (C=N–C) groups is 1. The van der Waals surface area contributed by atoms with E-state index < -0.39 is 0 Å². The summed E-state index contributed by atoms with van der Waals surface area (Å²) in [6.45, 7) is 1.99. The fourth-order valence-corrected chi connectivity index (χ4v) is 2.23. The molecule has 0 atom stereocenters. The van der Waals surface area contributed by atoms with Crippen molar-refractivity contribution in [3.8, 4) is 16.9 Å². The van der Waals surface area contributed by atoms with Crippen LogP contribution in [0, 0.1) is 0 Å². The lowest BCUT2D eigenvalue weighted by Gasteiger charge is -2.11. The van der Waals surface area contributed by atoms with E-state index in [9.17, 15) is 0 Å². The molecule has 0 amide bonds. The number of aromatic nitrogens is 2. The van der Waals surface area contributed by atoms with E-state index >= 15 is 0 Å². The number of amidine groups is 1. The number of hydrogen-bond donors (Lipinski definition) is 0. The molecule has 0 spiro atoms. The van der Waals surface area contributed by atoms with Crippen molar-refractivity contribution in [2.75, 3.05) is 14.1 Å².